The molecule has 1 heterocycles. The number of amides is 2. The number of carbonyl (C=O) groups excluding carboxylic acids is 2. The van der Waals surface area contributed by atoms with Crippen molar-refractivity contribution in [3.05, 3.63) is 71.8 Å². The molecule has 0 radical (unpaired) electrons. The summed E-state index contributed by atoms with van der Waals surface area (Å²) >= 11 is 0. The van der Waals surface area contributed by atoms with Crippen LogP contribution in [0.1, 0.15) is 26.3 Å². The van der Waals surface area contributed by atoms with Crippen LogP contribution in [0, 0.1) is 17.0 Å². The van der Waals surface area contributed by atoms with E-state index in [1.807, 2.05) is 20.8 Å². The van der Waals surface area contributed by atoms with Gasteiger partial charge in [-0.25, -0.2) is 8.78 Å². The van der Waals surface area contributed by atoms with Crippen LogP contribution in [-0.4, -0.2) is 74.7 Å². The van der Waals surface area contributed by atoms with Crippen LogP contribution in [0.4, 0.5) is 14.5 Å². The lowest BCUT2D eigenvalue weighted by molar-refractivity contribution is -0.150. The number of anilines is 1. The van der Waals surface area contributed by atoms with Crippen LogP contribution in [0.15, 0.2) is 59.5 Å². The molecule has 4 N–H and O–H groups in total. The third-order valence-corrected chi connectivity index (χ3v) is 7.65. The third kappa shape index (κ3) is 7.79. The molecule has 0 saturated carbocycles. The highest BCUT2D eigenvalue weighted by atomic mass is 32.2. The molecule has 12 heteroatoms. The average Bonchev–Trinajstić information content (AvgIpc) is 2.96. The van der Waals surface area contributed by atoms with E-state index in [9.17, 15) is 37.9 Å². The maximum absolute atomic E-state index is 13.9. The molecule has 2 aromatic rings. The summed E-state index contributed by atoms with van der Waals surface area (Å²) in [6.07, 6.45) is -4.00. The number of benzene rings is 2. The van der Waals surface area contributed by atoms with Crippen molar-refractivity contribution < 1.29 is 42.6 Å². The van der Waals surface area contributed by atoms with E-state index >= 15 is 0 Å². The summed E-state index contributed by atoms with van der Waals surface area (Å²) in [7, 11) is -0.665. The SMILES string of the molecule is CO[C@@H](C(=O)N[C@H]1C[S@](=O)c2ccccc2N(Cc2cc(F)cc(F)c2)C1=O)[C@H](O)[C@@H](O)[C@H](O)/C=C/C(C)(C)C. The number of halogens is 2. The van der Waals surface area contributed by atoms with Crippen LogP contribution in [-0.2, 0) is 31.7 Å². The Morgan fingerprint density at radius 1 is 1.15 bits per heavy atom. The van der Waals surface area contributed by atoms with E-state index in [0.29, 0.717) is 6.07 Å². The van der Waals surface area contributed by atoms with Crippen molar-refractivity contribution in [2.45, 2.75) is 62.7 Å². The van der Waals surface area contributed by atoms with Crippen LogP contribution in [0.2, 0.25) is 0 Å². The first kappa shape index (κ1) is 31.5. The van der Waals surface area contributed by atoms with Gasteiger partial charge in [-0.15, -0.1) is 0 Å². The number of aliphatic hydroxyl groups excluding tert-OH is 3. The molecule has 0 spiro atoms. The fourth-order valence-corrected chi connectivity index (χ4v) is 5.53. The zero-order chi connectivity index (χ0) is 29.8. The van der Waals surface area contributed by atoms with Crippen LogP contribution >= 0.6 is 0 Å². The molecule has 0 saturated heterocycles. The summed E-state index contributed by atoms with van der Waals surface area (Å²) in [6, 6.07) is 7.76. The predicted octanol–water partition coefficient (Wildman–Crippen LogP) is 1.80. The Hall–Kier alpha value is -3.03. The van der Waals surface area contributed by atoms with Gasteiger partial charge < -0.3 is 30.3 Å². The zero-order valence-corrected chi connectivity index (χ0v) is 23.4. The Bertz CT molecular complexity index is 1260. The molecule has 6 atom stereocenters. The van der Waals surface area contributed by atoms with Gasteiger partial charge in [-0.1, -0.05) is 45.1 Å². The van der Waals surface area contributed by atoms with Gasteiger partial charge in [0.1, 0.15) is 36.0 Å². The van der Waals surface area contributed by atoms with Gasteiger partial charge in [0.2, 0.25) is 0 Å². The number of para-hydroxylation sites is 1. The maximum atomic E-state index is 13.9. The number of methoxy groups -OCH3 is 1. The van der Waals surface area contributed by atoms with E-state index < -0.39 is 64.7 Å². The number of hydrogen-bond donors (Lipinski definition) is 4. The van der Waals surface area contributed by atoms with E-state index in [-0.39, 0.29) is 33.9 Å². The second kappa shape index (κ2) is 13.1. The standard InChI is InChI=1S/C28H34F2N2O7S/c1-28(2,3)10-9-21(33)23(34)24(35)25(39-4)26(36)31-19-15-40(38)22-8-6-5-7-20(22)32(27(19)37)14-16-11-17(29)13-18(30)12-16/h5-13,19,21,23-25,33-35H,14-15H2,1-4H3,(H,31,36)/b10-9+/t19-,21+,23-,24+,25+,40-/m0/s1. The minimum absolute atomic E-state index is 0.129. The van der Waals surface area contributed by atoms with Crippen molar-refractivity contribution in [1.82, 2.24) is 5.32 Å². The van der Waals surface area contributed by atoms with Crippen molar-refractivity contribution >= 4 is 28.3 Å². The minimum Gasteiger partial charge on any atom is -0.387 e. The van der Waals surface area contributed by atoms with Crippen molar-refractivity contribution in [3.63, 3.8) is 0 Å². The average molecular weight is 581 g/mol. The highest BCUT2D eigenvalue weighted by Crippen LogP contribution is 2.30. The molecule has 1 aliphatic rings. The largest absolute Gasteiger partial charge is 0.387 e. The Labute approximate surface area is 233 Å². The van der Waals surface area contributed by atoms with Gasteiger partial charge in [0.05, 0.1) is 33.7 Å². The molecule has 40 heavy (non-hydrogen) atoms. The predicted molar refractivity (Wildman–Crippen MR) is 145 cm³/mol. The molecule has 2 aromatic carbocycles. The third-order valence-electron chi connectivity index (χ3n) is 6.18. The smallest absolute Gasteiger partial charge is 0.252 e. The first-order chi connectivity index (χ1) is 18.7. The van der Waals surface area contributed by atoms with Gasteiger partial charge in [-0.05, 0) is 35.2 Å². The molecule has 0 aliphatic carbocycles. The lowest BCUT2D eigenvalue weighted by atomic mass is 9.94. The molecule has 0 unspecified atom stereocenters. The van der Waals surface area contributed by atoms with E-state index in [2.05, 4.69) is 5.32 Å². The highest BCUT2D eigenvalue weighted by Gasteiger charge is 2.40. The van der Waals surface area contributed by atoms with Crippen molar-refractivity contribution in [2.75, 3.05) is 17.8 Å². The van der Waals surface area contributed by atoms with Gasteiger partial charge in [0.15, 0.2) is 6.10 Å². The zero-order valence-electron chi connectivity index (χ0n) is 22.6. The van der Waals surface area contributed by atoms with Gasteiger partial charge in [0, 0.05) is 13.2 Å². The number of rotatable bonds is 9. The van der Waals surface area contributed by atoms with Gasteiger partial charge in [-0.2, -0.15) is 0 Å². The second-order valence-electron chi connectivity index (χ2n) is 10.6. The number of ether oxygens (including phenoxy) is 1. The summed E-state index contributed by atoms with van der Waals surface area (Å²) in [5.41, 5.74) is 0.0590. The Morgan fingerprint density at radius 3 is 2.38 bits per heavy atom. The monoisotopic (exact) mass is 580 g/mol. The van der Waals surface area contributed by atoms with Crippen molar-refractivity contribution in [2.24, 2.45) is 5.41 Å². The first-order valence-electron chi connectivity index (χ1n) is 12.5. The normalized spacial score (nSPS) is 20.9. The molecule has 0 aromatic heterocycles. The van der Waals surface area contributed by atoms with E-state index in [0.717, 1.165) is 19.2 Å². The Kier molecular flexibility index (Phi) is 10.3. The van der Waals surface area contributed by atoms with Crippen LogP contribution in [0.5, 0.6) is 0 Å². The maximum Gasteiger partial charge on any atom is 0.252 e. The molecule has 0 bridgehead atoms. The summed E-state index contributed by atoms with van der Waals surface area (Å²) in [6.45, 7) is 5.31. The topological polar surface area (TPSA) is 136 Å². The number of hydrogen-bond acceptors (Lipinski definition) is 7. The highest BCUT2D eigenvalue weighted by molar-refractivity contribution is 7.85. The molecule has 218 valence electrons. The number of nitrogens with zero attached hydrogens (tertiary/aromatic N) is 1. The Morgan fingerprint density at radius 2 is 1.77 bits per heavy atom. The fraction of sp³-hybridized carbons (Fsp3) is 0.429. The molecular formula is C28H34F2N2O7S. The van der Waals surface area contributed by atoms with Gasteiger partial charge in [0.25, 0.3) is 11.8 Å². The summed E-state index contributed by atoms with van der Waals surface area (Å²) in [5.74, 6) is -3.72. The molecule has 1 aliphatic heterocycles. The van der Waals surface area contributed by atoms with E-state index in [4.69, 9.17) is 4.74 Å². The lowest BCUT2D eigenvalue weighted by Crippen LogP contribution is -2.57. The Balaban J connectivity index is 1.86. The molecule has 2 amide bonds. The molecule has 0 fully saturated rings. The number of fused-ring (bicyclic) bond motifs is 1. The van der Waals surface area contributed by atoms with Crippen LogP contribution in [0.25, 0.3) is 0 Å². The van der Waals surface area contributed by atoms with E-state index in [1.54, 1.807) is 24.3 Å². The molecule has 9 nitrogen and oxygen atoms in total. The summed E-state index contributed by atoms with van der Waals surface area (Å²) in [5, 5.41) is 33.8. The number of nitrogens with one attached hydrogen (secondary N) is 1. The van der Waals surface area contributed by atoms with E-state index in [1.165, 1.54) is 17.0 Å². The lowest BCUT2D eigenvalue weighted by Gasteiger charge is -2.29. The molecule has 3 rings (SSSR count). The fourth-order valence-electron chi connectivity index (χ4n) is 4.18. The van der Waals surface area contributed by atoms with Crippen LogP contribution in [0.3, 0.4) is 0 Å². The summed E-state index contributed by atoms with van der Waals surface area (Å²) in [4.78, 5) is 28.3. The quantitative estimate of drug-likeness (QED) is 0.332. The van der Waals surface area contributed by atoms with Crippen LogP contribution < -0.4 is 10.2 Å². The number of aliphatic hydroxyl groups is 3. The van der Waals surface area contributed by atoms with Gasteiger partial charge >= 0.3 is 0 Å². The minimum atomic E-state index is -1.89. The van der Waals surface area contributed by atoms with Gasteiger partial charge in [-0.3, -0.25) is 13.8 Å². The number of carbonyl (C=O) groups is 2. The molecular weight excluding hydrogens is 546 g/mol. The second-order valence-corrected chi connectivity index (χ2v) is 12.1. The first-order valence-corrected chi connectivity index (χ1v) is 13.8. The number of allylic oxidation sites excluding steroid dienone is 1. The van der Waals surface area contributed by atoms with Crippen molar-refractivity contribution in [3.8, 4) is 0 Å². The summed E-state index contributed by atoms with van der Waals surface area (Å²) < 4.78 is 46.0. The van der Waals surface area contributed by atoms with Crippen molar-refractivity contribution in [1.29, 1.82) is 0 Å².